The van der Waals surface area contributed by atoms with Crippen LogP contribution in [-0.4, -0.2) is 22.5 Å². The van der Waals surface area contributed by atoms with E-state index in [1.54, 1.807) is 30.3 Å². The van der Waals surface area contributed by atoms with Crippen LogP contribution >= 0.6 is 0 Å². The highest BCUT2D eigenvalue weighted by Gasteiger charge is 2.39. The summed E-state index contributed by atoms with van der Waals surface area (Å²) in [5, 5.41) is 11.7. The molecule has 3 aromatic carbocycles. The number of fused-ring (bicyclic) bond motifs is 2. The van der Waals surface area contributed by atoms with Gasteiger partial charge in [-0.3, -0.25) is 19.7 Å². The molecule has 0 bridgehead atoms. The molecule has 0 aliphatic heterocycles. The second-order valence-corrected chi connectivity index (χ2v) is 6.05. The van der Waals surface area contributed by atoms with Crippen LogP contribution < -0.4 is 4.74 Å². The summed E-state index contributed by atoms with van der Waals surface area (Å²) in [6.07, 6.45) is 0. The van der Waals surface area contributed by atoms with Crippen molar-refractivity contribution in [3.63, 3.8) is 0 Å². The van der Waals surface area contributed by atoms with E-state index in [9.17, 15) is 24.5 Å². The van der Waals surface area contributed by atoms with Gasteiger partial charge in [-0.1, -0.05) is 42.5 Å². The lowest BCUT2D eigenvalue weighted by molar-refractivity contribution is -0.385. The first kappa shape index (κ1) is 17.3. The van der Waals surface area contributed by atoms with Crippen molar-refractivity contribution in [2.45, 2.75) is 0 Å². The van der Waals surface area contributed by atoms with Crippen LogP contribution in [0.2, 0.25) is 0 Å². The summed E-state index contributed by atoms with van der Waals surface area (Å²) in [7, 11) is 0. The molecule has 136 valence electrons. The van der Waals surface area contributed by atoms with Crippen LogP contribution in [0.25, 0.3) is 0 Å². The van der Waals surface area contributed by atoms with Crippen LogP contribution in [0.4, 0.5) is 5.69 Å². The van der Waals surface area contributed by atoms with E-state index in [0.717, 1.165) is 6.07 Å². The number of esters is 1. The highest BCUT2D eigenvalue weighted by Crippen LogP contribution is 2.35. The molecular formula is C21H11NO6. The van der Waals surface area contributed by atoms with Gasteiger partial charge in [-0.25, -0.2) is 4.79 Å². The molecule has 1 aliphatic carbocycles. The second-order valence-electron chi connectivity index (χ2n) is 6.05. The molecule has 0 fully saturated rings. The van der Waals surface area contributed by atoms with E-state index in [-0.39, 0.29) is 22.4 Å². The zero-order chi connectivity index (χ0) is 19.8. The van der Waals surface area contributed by atoms with Crippen molar-refractivity contribution >= 4 is 23.2 Å². The highest BCUT2D eigenvalue weighted by molar-refractivity contribution is 6.30. The first-order valence-corrected chi connectivity index (χ1v) is 8.26. The lowest BCUT2D eigenvalue weighted by Crippen LogP contribution is -2.24. The number of hydrogen-bond acceptors (Lipinski definition) is 6. The smallest absolute Gasteiger partial charge is 0.350 e. The lowest BCUT2D eigenvalue weighted by Gasteiger charge is -2.18. The average Bonchev–Trinajstić information content (AvgIpc) is 2.71. The number of hydrogen-bond donors (Lipinski definition) is 0. The van der Waals surface area contributed by atoms with Crippen molar-refractivity contribution in [2.24, 2.45) is 0 Å². The van der Waals surface area contributed by atoms with Gasteiger partial charge >= 0.3 is 5.97 Å². The molecule has 0 spiro atoms. The summed E-state index contributed by atoms with van der Waals surface area (Å²) in [5.41, 5.74) is -1.38. The molecule has 0 unspecified atom stereocenters. The maximum Gasteiger partial charge on any atom is 0.350 e. The Morgan fingerprint density at radius 3 is 2.04 bits per heavy atom. The summed E-state index contributed by atoms with van der Waals surface area (Å²) in [6.45, 7) is 0. The Hall–Kier alpha value is -4.13. The zero-order valence-corrected chi connectivity index (χ0v) is 14.2. The van der Waals surface area contributed by atoms with E-state index in [1.165, 1.54) is 30.3 Å². The van der Waals surface area contributed by atoms with Gasteiger partial charge in [-0.05, 0) is 24.3 Å². The predicted molar refractivity (Wildman–Crippen MR) is 97.8 cm³/mol. The summed E-state index contributed by atoms with van der Waals surface area (Å²) in [6, 6.07) is 16.5. The van der Waals surface area contributed by atoms with Gasteiger partial charge in [0.25, 0.3) is 5.69 Å². The maximum atomic E-state index is 12.9. The van der Waals surface area contributed by atoms with Gasteiger partial charge in [-0.15, -0.1) is 0 Å². The van der Waals surface area contributed by atoms with Crippen molar-refractivity contribution < 1.29 is 24.0 Å². The number of rotatable bonds is 3. The molecule has 28 heavy (non-hydrogen) atoms. The van der Waals surface area contributed by atoms with Gasteiger partial charge in [0.05, 0.1) is 4.92 Å². The Morgan fingerprint density at radius 1 is 0.786 bits per heavy atom. The maximum absolute atomic E-state index is 12.9. The van der Waals surface area contributed by atoms with E-state index in [2.05, 4.69) is 0 Å². The molecule has 0 N–H and O–H groups in total. The van der Waals surface area contributed by atoms with Crippen molar-refractivity contribution in [3.8, 4) is 5.75 Å². The number of ether oxygens (including phenoxy) is 1. The Balaban J connectivity index is 1.88. The normalized spacial score (nSPS) is 12.1. The van der Waals surface area contributed by atoms with E-state index in [4.69, 9.17) is 4.74 Å². The number of para-hydroxylation sites is 1. The van der Waals surface area contributed by atoms with Gasteiger partial charge in [0.2, 0.25) is 5.78 Å². The lowest BCUT2D eigenvalue weighted by atomic mass is 9.82. The minimum absolute atomic E-state index is 0.0664. The van der Waals surface area contributed by atoms with E-state index in [1.807, 2.05) is 0 Å². The molecule has 0 atom stereocenters. The first-order chi connectivity index (χ1) is 13.5. The van der Waals surface area contributed by atoms with Crippen LogP contribution in [0.5, 0.6) is 5.75 Å². The van der Waals surface area contributed by atoms with Crippen molar-refractivity contribution in [1.82, 2.24) is 0 Å². The van der Waals surface area contributed by atoms with Crippen LogP contribution in [0.1, 0.15) is 42.2 Å². The van der Waals surface area contributed by atoms with Crippen LogP contribution in [-0.2, 0) is 0 Å². The Morgan fingerprint density at radius 2 is 1.39 bits per heavy atom. The van der Waals surface area contributed by atoms with Gasteiger partial charge in [0, 0.05) is 16.7 Å². The van der Waals surface area contributed by atoms with Crippen molar-refractivity contribution in [2.75, 3.05) is 0 Å². The fourth-order valence-corrected chi connectivity index (χ4v) is 3.17. The van der Waals surface area contributed by atoms with Gasteiger partial charge < -0.3 is 4.74 Å². The SMILES string of the molecule is O=C1c2ccccc2C(=O)c2c1ccc(C(=O)Oc1ccccc1)c2[N+](=O)[O-]. The largest absolute Gasteiger partial charge is 0.423 e. The molecule has 7 nitrogen and oxygen atoms in total. The molecule has 7 heteroatoms. The standard InChI is InChI=1S/C21H11NO6/c23-19-13-8-4-5-9-14(13)20(24)17-15(19)10-11-16(18(17)22(26)27)21(25)28-12-6-2-1-3-7-12/h1-11H. The number of carbonyl (C=O) groups excluding carboxylic acids is 3. The van der Waals surface area contributed by atoms with Crippen LogP contribution in [0, 0.1) is 10.1 Å². The zero-order valence-electron chi connectivity index (χ0n) is 14.2. The predicted octanol–water partition coefficient (Wildman–Crippen LogP) is 3.59. The van der Waals surface area contributed by atoms with Crippen LogP contribution in [0.15, 0.2) is 66.7 Å². The van der Waals surface area contributed by atoms with Gasteiger partial charge in [0.1, 0.15) is 16.9 Å². The number of benzene rings is 3. The number of carbonyl (C=O) groups is 3. The first-order valence-electron chi connectivity index (χ1n) is 8.26. The molecular weight excluding hydrogens is 362 g/mol. The molecule has 0 aromatic heterocycles. The summed E-state index contributed by atoms with van der Waals surface area (Å²) in [4.78, 5) is 49.1. The summed E-state index contributed by atoms with van der Waals surface area (Å²) < 4.78 is 5.17. The van der Waals surface area contributed by atoms with Gasteiger partial charge in [-0.2, -0.15) is 0 Å². The summed E-state index contributed by atoms with van der Waals surface area (Å²) >= 11 is 0. The number of nitrogens with zero attached hydrogens (tertiary/aromatic N) is 1. The molecule has 1 aliphatic rings. The average molecular weight is 373 g/mol. The quantitative estimate of drug-likeness (QED) is 0.235. The third kappa shape index (κ3) is 2.66. The number of ketones is 2. The molecule has 0 heterocycles. The Labute approximate surface area is 158 Å². The Kier molecular flexibility index (Phi) is 4.04. The molecule has 0 saturated carbocycles. The third-order valence-corrected chi connectivity index (χ3v) is 4.42. The van der Waals surface area contributed by atoms with E-state index >= 15 is 0 Å². The fraction of sp³-hybridized carbons (Fsp3) is 0. The van der Waals surface area contributed by atoms with E-state index in [0.29, 0.717) is 0 Å². The summed E-state index contributed by atoms with van der Waals surface area (Å²) in [5.74, 6) is -1.96. The third-order valence-electron chi connectivity index (χ3n) is 4.42. The van der Waals surface area contributed by atoms with Crippen molar-refractivity contribution in [3.05, 3.63) is 105 Å². The minimum atomic E-state index is -0.986. The number of nitro groups is 1. The van der Waals surface area contributed by atoms with E-state index < -0.39 is 39.3 Å². The molecule has 4 rings (SSSR count). The Bertz CT molecular complexity index is 1170. The highest BCUT2D eigenvalue weighted by atomic mass is 16.6. The van der Waals surface area contributed by atoms with Crippen LogP contribution in [0.3, 0.4) is 0 Å². The minimum Gasteiger partial charge on any atom is -0.423 e. The molecule has 0 radical (unpaired) electrons. The topological polar surface area (TPSA) is 104 Å². The fourth-order valence-electron chi connectivity index (χ4n) is 3.17. The molecule has 3 aromatic rings. The van der Waals surface area contributed by atoms with Gasteiger partial charge in [0.15, 0.2) is 5.78 Å². The van der Waals surface area contributed by atoms with Crippen molar-refractivity contribution in [1.29, 1.82) is 0 Å². The number of nitro benzene ring substituents is 1. The second kappa shape index (κ2) is 6.55. The molecule has 0 saturated heterocycles. The monoisotopic (exact) mass is 373 g/mol. The molecule has 0 amide bonds.